The van der Waals surface area contributed by atoms with E-state index < -0.39 is 0 Å². The Morgan fingerprint density at radius 2 is 1.96 bits per heavy atom. The quantitative estimate of drug-likeness (QED) is 0.662. The molecule has 0 fully saturated rings. The topological polar surface area (TPSA) is 47.5 Å². The number of aryl methyl sites for hydroxylation is 1. The lowest BCUT2D eigenvalue weighted by atomic mass is 10.1. The molecule has 0 saturated heterocycles. The Hall–Kier alpha value is -1.69. The van der Waals surface area contributed by atoms with Crippen LogP contribution in [0.25, 0.3) is 22.2 Å². The second kappa shape index (κ2) is 7.25. The van der Waals surface area contributed by atoms with E-state index in [-0.39, 0.29) is 18.0 Å². The van der Waals surface area contributed by atoms with Crippen LogP contribution < -0.4 is 22.9 Å². The maximum atomic E-state index is 12.3. The first-order chi connectivity index (χ1) is 10.6. The molecule has 6 heteroatoms. The number of nitrogens with one attached hydrogen (secondary N) is 1. The summed E-state index contributed by atoms with van der Waals surface area (Å²) in [7, 11) is 0. The van der Waals surface area contributed by atoms with Gasteiger partial charge in [0, 0.05) is 16.8 Å². The summed E-state index contributed by atoms with van der Waals surface area (Å²) in [6.45, 7) is 8.22. The first kappa shape index (κ1) is 17.7. The Morgan fingerprint density at radius 1 is 1.22 bits per heavy atom. The first-order valence-electron chi connectivity index (χ1n) is 7.47. The number of hydrogen-bond donors (Lipinski definition) is 1. The number of nitrogens with zero attached hydrogens (tertiary/aromatic N) is 1. The van der Waals surface area contributed by atoms with Crippen LogP contribution >= 0.6 is 11.3 Å². The number of aromatic nitrogens is 1. The van der Waals surface area contributed by atoms with Gasteiger partial charge in [-0.2, -0.15) is 0 Å². The lowest BCUT2D eigenvalue weighted by Gasteiger charge is -2.14. The Kier molecular flexibility index (Phi) is 5.57. The third-order valence-corrected chi connectivity index (χ3v) is 4.67. The molecule has 3 aromatic rings. The summed E-state index contributed by atoms with van der Waals surface area (Å²) in [6.07, 6.45) is 0. The normalized spacial score (nSPS) is 11.0. The standard InChI is InChI=1S/C17H18N2O2S.ClH/c1-4-19(5-2)13-7-6-12-8-14(15-10-22-11(3)18-15)17(20)21-16(12)9-13;/h6-10H,4-5H2,1-3H3;1H. The average molecular weight is 351 g/mol. The van der Waals surface area contributed by atoms with E-state index in [1.54, 1.807) is 0 Å². The minimum atomic E-state index is -0.329. The molecule has 0 amide bonds. The zero-order chi connectivity index (χ0) is 15.7. The smallest absolute Gasteiger partial charge is 0.345 e. The maximum absolute atomic E-state index is 12.3. The molecule has 1 aromatic carbocycles. The molecular weight excluding hydrogens is 332 g/mol. The number of benzene rings is 1. The van der Waals surface area contributed by atoms with E-state index in [2.05, 4.69) is 24.9 Å². The van der Waals surface area contributed by atoms with Crippen LogP contribution in [0.4, 0.5) is 5.69 Å². The second-order valence-electron chi connectivity index (χ2n) is 5.26. The van der Waals surface area contributed by atoms with Crippen molar-refractivity contribution in [3.05, 3.63) is 45.1 Å². The fourth-order valence-corrected chi connectivity index (χ4v) is 3.27. The second-order valence-corrected chi connectivity index (χ2v) is 6.32. The highest BCUT2D eigenvalue weighted by Crippen LogP contribution is 2.23. The highest BCUT2D eigenvalue weighted by molar-refractivity contribution is 7.09. The van der Waals surface area contributed by atoms with Gasteiger partial charge in [-0.3, -0.25) is 0 Å². The average Bonchev–Trinajstić information content (AvgIpc) is 2.94. The van der Waals surface area contributed by atoms with Gasteiger partial charge in [0.15, 0.2) is 0 Å². The van der Waals surface area contributed by atoms with Crippen LogP contribution in [0.15, 0.2) is 38.9 Å². The lowest BCUT2D eigenvalue weighted by Crippen LogP contribution is -3.06. The van der Waals surface area contributed by atoms with Gasteiger partial charge in [0.2, 0.25) is 0 Å². The van der Waals surface area contributed by atoms with Crippen molar-refractivity contribution >= 4 is 28.0 Å². The molecule has 2 aromatic heterocycles. The minimum Gasteiger partial charge on any atom is -1.00 e. The third kappa shape index (κ3) is 3.47. The molecule has 0 bridgehead atoms. The summed E-state index contributed by atoms with van der Waals surface area (Å²) < 4.78 is 5.53. The van der Waals surface area contributed by atoms with Gasteiger partial charge < -0.3 is 21.7 Å². The number of fused-ring (bicyclic) bond motifs is 1. The van der Waals surface area contributed by atoms with Gasteiger partial charge in [-0.25, -0.2) is 9.78 Å². The van der Waals surface area contributed by atoms with Crippen molar-refractivity contribution < 1.29 is 21.7 Å². The van der Waals surface area contributed by atoms with Gasteiger partial charge in [-0.15, -0.1) is 11.3 Å². The third-order valence-electron chi connectivity index (χ3n) is 3.89. The Labute approximate surface area is 145 Å². The summed E-state index contributed by atoms with van der Waals surface area (Å²) in [4.78, 5) is 18.0. The zero-order valence-electron chi connectivity index (χ0n) is 13.4. The van der Waals surface area contributed by atoms with Gasteiger partial charge >= 0.3 is 5.63 Å². The molecular formula is C17H19ClN2O2S. The van der Waals surface area contributed by atoms with E-state index in [4.69, 9.17) is 4.42 Å². The molecule has 0 saturated carbocycles. The van der Waals surface area contributed by atoms with E-state index in [1.807, 2.05) is 30.5 Å². The number of halogens is 1. The van der Waals surface area contributed by atoms with Crippen LogP contribution in [0.5, 0.6) is 0 Å². The van der Waals surface area contributed by atoms with Gasteiger partial charge in [0.1, 0.15) is 11.3 Å². The predicted molar refractivity (Wildman–Crippen MR) is 90.0 cm³/mol. The van der Waals surface area contributed by atoms with Gasteiger partial charge in [0.25, 0.3) is 0 Å². The van der Waals surface area contributed by atoms with Gasteiger partial charge in [-0.1, -0.05) is 0 Å². The van der Waals surface area contributed by atoms with Crippen LogP contribution in [-0.2, 0) is 0 Å². The molecule has 122 valence electrons. The van der Waals surface area contributed by atoms with E-state index in [0.717, 1.165) is 29.2 Å². The summed E-state index contributed by atoms with van der Waals surface area (Å²) in [5.41, 5.74) is 2.68. The molecule has 0 aliphatic carbocycles. The van der Waals surface area contributed by atoms with Crippen molar-refractivity contribution in [2.75, 3.05) is 13.1 Å². The number of hydrogen-bond acceptors (Lipinski definition) is 4. The molecule has 0 aliphatic rings. The predicted octanol–water partition coefficient (Wildman–Crippen LogP) is -0.215. The molecule has 0 radical (unpaired) electrons. The zero-order valence-corrected chi connectivity index (χ0v) is 14.9. The molecule has 0 spiro atoms. The molecule has 0 atom stereocenters. The fraction of sp³-hybridized carbons (Fsp3) is 0.294. The van der Waals surface area contributed by atoms with Crippen molar-refractivity contribution in [1.29, 1.82) is 0 Å². The van der Waals surface area contributed by atoms with Crippen molar-refractivity contribution in [3.63, 3.8) is 0 Å². The number of thiazole rings is 1. The summed E-state index contributed by atoms with van der Waals surface area (Å²) >= 11 is 1.53. The molecule has 4 nitrogen and oxygen atoms in total. The van der Waals surface area contributed by atoms with Crippen LogP contribution in [0.3, 0.4) is 0 Å². The fourth-order valence-electron chi connectivity index (χ4n) is 2.66. The molecule has 3 rings (SSSR count). The maximum Gasteiger partial charge on any atom is 0.345 e. The van der Waals surface area contributed by atoms with E-state index in [1.165, 1.54) is 16.2 Å². The summed E-state index contributed by atoms with van der Waals surface area (Å²) in [6, 6.07) is 7.95. The largest absolute Gasteiger partial charge is 1.00 e. The minimum absolute atomic E-state index is 0. The van der Waals surface area contributed by atoms with Crippen molar-refractivity contribution in [2.24, 2.45) is 0 Å². The van der Waals surface area contributed by atoms with Crippen LogP contribution in [0.1, 0.15) is 18.9 Å². The van der Waals surface area contributed by atoms with Crippen LogP contribution in [0.2, 0.25) is 0 Å². The van der Waals surface area contributed by atoms with Crippen molar-refractivity contribution in [3.8, 4) is 11.3 Å². The SMILES string of the molecule is CC[NH+](CC)c1ccc2cc(-c3csc(C)n3)c(=O)oc2c1.[Cl-]. The van der Waals surface area contributed by atoms with E-state index in [9.17, 15) is 4.79 Å². The van der Waals surface area contributed by atoms with Gasteiger partial charge in [-0.05, 0) is 39.0 Å². The number of quaternary nitrogens is 1. The molecule has 1 N–H and O–H groups in total. The molecule has 23 heavy (non-hydrogen) atoms. The molecule has 0 unspecified atom stereocenters. The molecule has 0 aliphatic heterocycles. The Bertz CT molecular complexity index is 868. The van der Waals surface area contributed by atoms with Crippen LogP contribution in [0, 0.1) is 6.92 Å². The van der Waals surface area contributed by atoms with Crippen molar-refractivity contribution in [2.45, 2.75) is 20.8 Å². The molecule has 2 heterocycles. The Balaban J connectivity index is 0.00000192. The highest BCUT2D eigenvalue weighted by atomic mass is 35.5. The number of rotatable bonds is 4. The summed E-state index contributed by atoms with van der Waals surface area (Å²) in [5.74, 6) is 0. The highest BCUT2D eigenvalue weighted by Gasteiger charge is 2.13. The monoisotopic (exact) mass is 350 g/mol. The summed E-state index contributed by atoms with van der Waals surface area (Å²) in [5, 5.41) is 3.76. The van der Waals surface area contributed by atoms with Crippen molar-refractivity contribution in [1.82, 2.24) is 4.98 Å². The van der Waals surface area contributed by atoms with Gasteiger partial charge in [0.05, 0.1) is 29.4 Å². The van der Waals surface area contributed by atoms with E-state index in [0.29, 0.717) is 16.8 Å². The van der Waals surface area contributed by atoms with E-state index >= 15 is 0 Å². The first-order valence-corrected chi connectivity index (χ1v) is 8.35. The Morgan fingerprint density at radius 3 is 2.57 bits per heavy atom. The lowest BCUT2D eigenvalue weighted by molar-refractivity contribution is -0.828. The van der Waals surface area contributed by atoms with Crippen LogP contribution in [-0.4, -0.2) is 18.1 Å².